The van der Waals surface area contributed by atoms with Crippen LogP contribution in [0.1, 0.15) is 26.7 Å². The van der Waals surface area contributed by atoms with Crippen molar-refractivity contribution in [1.82, 2.24) is 9.47 Å². The summed E-state index contributed by atoms with van der Waals surface area (Å²) in [5, 5.41) is 11.0. The second-order valence-corrected chi connectivity index (χ2v) is 9.09. The number of rotatable bonds is 6. The van der Waals surface area contributed by atoms with E-state index < -0.39 is 4.92 Å². The van der Waals surface area contributed by atoms with Crippen molar-refractivity contribution in [2.45, 2.75) is 33.2 Å². The van der Waals surface area contributed by atoms with Crippen LogP contribution in [0, 0.1) is 16.0 Å². The summed E-state index contributed by atoms with van der Waals surface area (Å²) in [6.07, 6.45) is 2.07. The first-order chi connectivity index (χ1) is 13.9. The minimum Gasteiger partial charge on any atom is -0.342 e. The van der Waals surface area contributed by atoms with Gasteiger partial charge in [-0.15, -0.1) is 11.8 Å². The van der Waals surface area contributed by atoms with Gasteiger partial charge in [-0.3, -0.25) is 19.7 Å². The van der Waals surface area contributed by atoms with E-state index in [1.807, 2.05) is 16.4 Å². The van der Waals surface area contributed by atoms with Crippen molar-refractivity contribution < 1.29 is 14.5 Å². The van der Waals surface area contributed by atoms with E-state index in [1.165, 1.54) is 35.2 Å². The van der Waals surface area contributed by atoms with Gasteiger partial charge in [-0.05, 0) is 31.7 Å². The zero-order valence-corrected chi connectivity index (χ0v) is 18.1. The van der Waals surface area contributed by atoms with E-state index in [-0.39, 0.29) is 29.0 Å². The molecule has 1 aromatic carbocycles. The summed E-state index contributed by atoms with van der Waals surface area (Å²) in [5.74, 6) is 0.849. The maximum atomic E-state index is 12.3. The molecule has 2 amide bonds. The van der Waals surface area contributed by atoms with Gasteiger partial charge in [-0.2, -0.15) is 4.99 Å². The van der Waals surface area contributed by atoms with E-state index in [2.05, 4.69) is 11.9 Å². The van der Waals surface area contributed by atoms with Gasteiger partial charge in [0.1, 0.15) is 0 Å². The summed E-state index contributed by atoms with van der Waals surface area (Å²) in [6, 6.07) is 4.64. The molecule has 1 fully saturated rings. The number of carbonyl (C=O) groups is 2. The number of thioether (sulfide) groups is 1. The fourth-order valence-electron chi connectivity index (χ4n) is 3.28. The maximum absolute atomic E-state index is 12.3. The number of nitro groups is 1. The van der Waals surface area contributed by atoms with Gasteiger partial charge in [0.05, 0.1) is 26.6 Å². The van der Waals surface area contributed by atoms with Crippen molar-refractivity contribution in [1.29, 1.82) is 0 Å². The Morgan fingerprint density at radius 2 is 2.03 bits per heavy atom. The number of aryl methyl sites for hydroxylation is 1. The third-order valence-electron chi connectivity index (χ3n) is 5.00. The Bertz CT molecular complexity index is 990. The molecule has 29 heavy (non-hydrogen) atoms. The van der Waals surface area contributed by atoms with E-state index in [0.29, 0.717) is 17.3 Å². The average Bonchev–Trinajstić information content (AvgIpc) is 3.04. The maximum Gasteiger partial charge on any atom is 0.270 e. The number of non-ortho nitro benzene ring substituents is 1. The molecule has 8 nitrogen and oxygen atoms in total. The monoisotopic (exact) mass is 436 g/mol. The molecule has 1 saturated heterocycles. The molecular weight excluding hydrogens is 412 g/mol. The first-order valence-electron chi connectivity index (χ1n) is 9.60. The predicted molar refractivity (Wildman–Crippen MR) is 115 cm³/mol. The lowest BCUT2D eigenvalue weighted by Gasteiger charge is -2.30. The quantitative estimate of drug-likeness (QED) is 0.512. The average molecular weight is 437 g/mol. The number of thiazole rings is 1. The molecule has 2 heterocycles. The van der Waals surface area contributed by atoms with E-state index in [4.69, 9.17) is 0 Å². The fraction of sp³-hybridized carbons (Fsp3) is 0.526. The summed E-state index contributed by atoms with van der Waals surface area (Å²) < 4.78 is 2.58. The molecule has 2 aromatic rings. The summed E-state index contributed by atoms with van der Waals surface area (Å²) in [5.41, 5.74) is 0.831. The highest BCUT2D eigenvalue weighted by Gasteiger charge is 2.20. The smallest absolute Gasteiger partial charge is 0.270 e. The summed E-state index contributed by atoms with van der Waals surface area (Å²) in [4.78, 5) is 41.7. The minimum absolute atomic E-state index is 0.0149. The van der Waals surface area contributed by atoms with Crippen LogP contribution in [0.25, 0.3) is 10.2 Å². The highest BCUT2D eigenvalue weighted by atomic mass is 32.2. The molecule has 0 bridgehead atoms. The number of fused-ring (bicyclic) bond motifs is 1. The van der Waals surface area contributed by atoms with Crippen LogP contribution >= 0.6 is 23.1 Å². The minimum atomic E-state index is -0.436. The molecular formula is C19H24N4O4S2. The van der Waals surface area contributed by atoms with Gasteiger partial charge >= 0.3 is 0 Å². The lowest BCUT2D eigenvalue weighted by atomic mass is 9.99. The molecule has 3 rings (SSSR count). The topological polar surface area (TPSA) is 97.8 Å². The Morgan fingerprint density at radius 3 is 2.69 bits per heavy atom. The molecule has 156 valence electrons. The van der Waals surface area contributed by atoms with Crippen LogP contribution in [0.3, 0.4) is 0 Å². The Morgan fingerprint density at radius 1 is 1.31 bits per heavy atom. The summed E-state index contributed by atoms with van der Waals surface area (Å²) in [6.45, 7) is 6.32. The van der Waals surface area contributed by atoms with Gasteiger partial charge in [0.25, 0.3) is 11.6 Å². The van der Waals surface area contributed by atoms with E-state index >= 15 is 0 Å². The van der Waals surface area contributed by atoms with Crippen molar-refractivity contribution in [3.05, 3.63) is 33.1 Å². The van der Waals surface area contributed by atoms with Crippen LogP contribution in [-0.2, 0) is 16.1 Å². The van der Waals surface area contributed by atoms with E-state index in [1.54, 1.807) is 6.07 Å². The van der Waals surface area contributed by atoms with Crippen LogP contribution in [-0.4, -0.2) is 50.8 Å². The van der Waals surface area contributed by atoms with Crippen molar-refractivity contribution >= 4 is 50.8 Å². The zero-order valence-electron chi connectivity index (χ0n) is 16.5. The second kappa shape index (κ2) is 9.53. The first-order valence-corrected chi connectivity index (χ1v) is 11.6. The number of hydrogen-bond acceptors (Lipinski definition) is 6. The standard InChI is InChI=1S/C19H24N4O4S2/c1-3-22-15-5-4-14(23(26)27)10-16(15)29-19(22)20-17(24)11-28-12-18(25)21-8-6-13(2)7-9-21/h4-5,10,13H,3,6-9,11-12H2,1-2H3. The van der Waals surface area contributed by atoms with Crippen LogP contribution in [0.4, 0.5) is 5.69 Å². The molecule has 0 unspecified atom stereocenters. The van der Waals surface area contributed by atoms with Crippen molar-refractivity contribution in [2.24, 2.45) is 10.9 Å². The number of nitrogens with zero attached hydrogens (tertiary/aromatic N) is 4. The fourth-order valence-corrected chi connectivity index (χ4v) is 5.12. The number of carbonyl (C=O) groups excluding carboxylic acids is 2. The Hall–Kier alpha value is -2.20. The van der Waals surface area contributed by atoms with Gasteiger partial charge in [0, 0.05) is 31.8 Å². The van der Waals surface area contributed by atoms with Gasteiger partial charge in [-0.25, -0.2) is 0 Å². The van der Waals surface area contributed by atoms with Crippen molar-refractivity contribution in [3.63, 3.8) is 0 Å². The summed E-state index contributed by atoms with van der Waals surface area (Å²) in [7, 11) is 0. The Kier molecular flexibility index (Phi) is 7.07. The Labute approximate surface area is 176 Å². The second-order valence-electron chi connectivity index (χ2n) is 7.10. The largest absolute Gasteiger partial charge is 0.342 e. The molecule has 1 aliphatic heterocycles. The van der Waals surface area contributed by atoms with E-state index in [0.717, 1.165) is 36.1 Å². The molecule has 0 atom stereocenters. The lowest BCUT2D eigenvalue weighted by Crippen LogP contribution is -2.39. The van der Waals surface area contributed by atoms with Crippen molar-refractivity contribution in [3.8, 4) is 0 Å². The van der Waals surface area contributed by atoms with Crippen LogP contribution in [0.2, 0.25) is 0 Å². The van der Waals surface area contributed by atoms with Gasteiger partial charge in [0.2, 0.25) is 5.91 Å². The third kappa shape index (κ3) is 5.24. The molecule has 0 radical (unpaired) electrons. The number of amides is 2. The number of aromatic nitrogens is 1. The number of likely N-dealkylation sites (tertiary alicyclic amines) is 1. The number of hydrogen-bond donors (Lipinski definition) is 0. The molecule has 1 aliphatic rings. The van der Waals surface area contributed by atoms with Crippen molar-refractivity contribution in [2.75, 3.05) is 24.6 Å². The lowest BCUT2D eigenvalue weighted by molar-refractivity contribution is -0.384. The highest BCUT2D eigenvalue weighted by molar-refractivity contribution is 8.00. The van der Waals surface area contributed by atoms with Gasteiger partial charge in [0.15, 0.2) is 4.80 Å². The molecule has 1 aromatic heterocycles. The molecule has 10 heteroatoms. The predicted octanol–water partition coefficient (Wildman–Crippen LogP) is 3.05. The van der Waals surface area contributed by atoms with Gasteiger partial charge in [-0.1, -0.05) is 18.3 Å². The molecule has 0 saturated carbocycles. The van der Waals surface area contributed by atoms with Crippen LogP contribution < -0.4 is 4.80 Å². The van der Waals surface area contributed by atoms with E-state index in [9.17, 15) is 19.7 Å². The van der Waals surface area contributed by atoms with Crippen LogP contribution in [0.15, 0.2) is 23.2 Å². The number of nitro benzene ring substituents is 1. The SMILES string of the molecule is CCn1c(=NC(=O)CSCC(=O)N2CCC(C)CC2)sc2cc([N+](=O)[O-])ccc21. The summed E-state index contributed by atoms with van der Waals surface area (Å²) >= 11 is 2.54. The Balaban J connectivity index is 1.64. The van der Waals surface area contributed by atoms with Gasteiger partial charge < -0.3 is 9.47 Å². The zero-order chi connectivity index (χ0) is 21.0. The number of piperidine rings is 1. The normalized spacial score (nSPS) is 15.8. The van der Waals surface area contributed by atoms with Crippen LogP contribution in [0.5, 0.6) is 0 Å². The molecule has 0 aliphatic carbocycles. The number of benzene rings is 1. The first kappa shape index (κ1) is 21.5. The highest BCUT2D eigenvalue weighted by Crippen LogP contribution is 2.23. The molecule has 0 spiro atoms. The third-order valence-corrected chi connectivity index (χ3v) is 6.94. The molecule has 0 N–H and O–H groups in total.